The van der Waals surface area contributed by atoms with Gasteiger partial charge in [-0.3, -0.25) is 9.78 Å². The van der Waals surface area contributed by atoms with Gasteiger partial charge in [-0.25, -0.2) is 0 Å². The van der Waals surface area contributed by atoms with E-state index >= 15 is 0 Å². The highest BCUT2D eigenvalue weighted by Gasteiger charge is 2.17. The maximum absolute atomic E-state index is 12.7. The van der Waals surface area contributed by atoms with Gasteiger partial charge in [0.05, 0.1) is 11.3 Å². The summed E-state index contributed by atoms with van der Waals surface area (Å²) in [6.45, 7) is 2.56. The van der Waals surface area contributed by atoms with Crippen molar-refractivity contribution in [2.75, 3.05) is 25.0 Å². The molecule has 1 fully saturated rings. The summed E-state index contributed by atoms with van der Waals surface area (Å²) in [6.07, 6.45) is 9.07. The van der Waals surface area contributed by atoms with Crippen molar-refractivity contribution in [2.24, 2.45) is 0 Å². The molecule has 0 aliphatic carbocycles. The molecule has 1 aliphatic heterocycles. The first-order chi connectivity index (χ1) is 11.8. The molecular weight excluding hydrogens is 298 g/mol. The van der Waals surface area contributed by atoms with E-state index in [0.29, 0.717) is 5.56 Å². The monoisotopic (exact) mass is 323 g/mol. The van der Waals surface area contributed by atoms with Gasteiger partial charge in [-0.1, -0.05) is 43.2 Å². The number of anilines is 1. The first kappa shape index (κ1) is 16.5. The molecular formula is C20H25N3O. The third kappa shape index (κ3) is 4.57. The Kier molecular flexibility index (Phi) is 5.83. The van der Waals surface area contributed by atoms with E-state index < -0.39 is 0 Å². The summed E-state index contributed by atoms with van der Waals surface area (Å²) in [7, 11) is 0. The molecule has 1 N–H and O–H groups in total. The van der Waals surface area contributed by atoms with E-state index in [1.54, 1.807) is 12.4 Å². The second kappa shape index (κ2) is 8.48. The molecule has 3 rings (SSSR count). The van der Waals surface area contributed by atoms with Gasteiger partial charge in [0.1, 0.15) is 0 Å². The van der Waals surface area contributed by atoms with Crippen molar-refractivity contribution >= 4 is 11.6 Å². The molecule has 126 valence electrons. The number of likely N-dealkylation sites (tertiary alicyclic amines) is 1. The van der Waals surface area contributed by atoms with Crippen LogP contribution in [0, 0.1) is 0 Å². The Bertz CT molecular complexity index is 649. The number of carbonyl (C=O) groups excluding carboxylic acids is 1. The summed E-state index contributed by atoms with van der Waals surface area (Å²) in [5, 5.41) is 3.37. The fourth-order valence-electron chi connectivity index (χ4n) is 3.11. The number of hydrogen-bond donors (Lipinski definition) is 1. The number of nitrogens with one attached hydrogen (secondary N) is 1. The molecule has 0 unspecified atom stereocenters. The van der Waals surface area contributed by atoms with E-state index in [0.717, 1.165) is 44.6 Å². The molecule has 2 heterocycles. The Labute approximate surface area is 143 Å². The standard InChI is InChI=1S/C20H25N3O/c24-20(23-12-6-1-2-7-13-23)18-14-19(16-21-15-18)22-11-10-17-8-4-3-5-9-17/h3-5,8-9,14-16,22H,1-2,6-7,10-13H2. The summed E-state index contributed by atoms with van der Waals surface area (Å²) in [5.74, 6) is 0.108. The molecule has 0 radical (unpaired) electrons. The van der Waals surface area contributed by atoms with Gasteiger partial charge in [0.15, 0.2) is 0 Å². The second-order valence-electron chi connectivity index (χ2n) is 6.33. The number of rotatable bonds is 5. The predicted octanol–water partition coefficient (Wildman–Crippen LogP) is 3.75. The zero-order valence-corrected chi connectivity index (χ0v) is 14.1. The zero-order chi connectivity index (χ0) is 16.6. The SMILES string of the molecule is O=C(c1cncc(NCCc2ccccc2)c1)N1CCCCCC1. The highest BCUT2D eigenvalue weighted by molar-refractivity contribution is 5.94. The number of carbonyl (C=O) groups is 1. The van der Waals surface area contributed by atoms with E-state index in [4.69, 9.17) is 0 Å². The third-order valence-electron chi connectivity index (χ3n) is 4.46. The lowest BCUT2D eigenvalue weighted by molar-refractivity contribution is 0.0761. The van der Waals surface area contributed by atoms with Gasteiger partial charge in [-0.15, -0.1) is 0 Å². The zero-order valence-electron chi connectivity index (χ0n) is 14.1. The van der Waals surface area contributed by atoms with E-state index in [-0.39, 0.29) is 5.91 Å². The van der Waals surface area contributed by atoms with Gasteiger partial charge in [-0.05, 0) is 30.9 Å². The Morgan fingerprint density at radius 2 is 1.79 bits per heavy atom. The van der Waals surface area contributed by atoms with Crippen LogP contribution in [0.1, 0.15) is 41.6 Å². The number of aromatic nitrogens is 1. The molecule has 0 saturated carbocycles. The van der Waals surface area contributed by atoms with Crippen molar-refractivity contribution in [3.63, 3.8) is 0 Å². The summed E-state index contributed by atoms with van der Waals surface area (Å²) in [6, 6.07) is 12.3. The maximum Gasteiger partial charge on any atom is 0.255 e. The number of benzene rings is 1. The van der Waals surface area contributed by atoms with Crippen molar-refractivity contribution in [2.45, 2.75) is 32.1 Å². The van der Waals surface area contributed by atoms with Gasteiger partial charge in [0, 0.05) is 32.0 Å². The first-order valence-electron chi connectivity index (χ1n) is 8.85. The van der Waals surface area contributed by atoms with Gasteiger partial charge in [0.25, 0.3) is 5.91 Å². The molecule has 1 aliphatic rings. The Morgan fingerprint density at radius 1 is 1.04 bits per heavy atom. The fourth-order valence-corrected chi connectivity index (χ4v) is 3.11. The summed E-state index contributed by atoms with van der Waals surface area (Å²) >= 11 is 0. The van der Waals surface area contributed by atoms with Crippen molar-refractivity contribution in [1.82, 2.24) is 9.88 Å². The number of hydrogen-bond acceptors (Lipinski definition) is 3. The molecule has 1 aromatic heterocycles. The Hall–Kier alpha value is -2.36. The van der Waals surface area contributed by atoms with Crippen LogP contribution < -0.4 is 5.32 Å². The lowest BCUT2D eigenvalue weighted by Gasteiger charge is -2.20. The molecule has 1 saturated heterocycles. The molecule has 24 heavy (non-hydrogen) atoms. The van der Waals surface area contributed by atoms with Crippen LogP contribution in [0.15, 0.2) is 48.8 Å². The largest absolute Gasteiger partial charge is 0.383 e. The molecule has 2 aromatic rings. The molecule has 4 nitrogen and oxygen atoms in total. The van der Waals surface area contributed by atoms with Gasteiger partial charge in [-0.2, -0.15) is 0 Å². The number of amides is 1. The van der Waals surface area contributed by atoms with Crippen LogP contribution >= 0.6 is 0 Å². The Morgan fingerprint density at radius 3 is 2.54 bits per heavy atom. The second-order valence-corrected chi connectivity index (χ2v) is 6.33. The van der Waals surface area contributed by atoms with E-state index in [2.05, 4.69) is 34.6 Å². The van der Waals surface area contributed by atoms with E-state index in [1.165, 1.54) is 18.4 Å². The third-order valence-corrected chi connectivity index (χ3v) is 4.46. The fraction of sp³-hybridized carbons (Fsp3) is 0.400. The first-order valence-corrected chi connectivity index (χ1v) is 8.85. The average molecular weight is 323 g/mol. The van der Waals surface area contributed by atoms with Crippen LogP contribution in [0.3, 0.4) is 0 Å². The van der Waals surface area contributed by atoms with Crippen molar-refractivity contribution in [3.8, 4) is 0 Å². The van der Waals surface area contributed by atoms with Crippen molar-refractivity contribution in [1.29, 1.82) is 0 Å². The minimum absolute atomic E-state index is 0.108. The van der Waals surface area contributed by atoms with Gasteiger partial charge < -0.3 is 10.2 Å². The summed E-state index contributed by atoms with van der Waals surface area (Å²) < 4.78 is 0. The normalized spacial score (nSPS) is 14.9. The maximum atomic E-state index is 12.7. The van der Waals surface area contributed by atoms with Gasteiger partial charge in [0.2, 0.25) is 0 Å². The summed E-state index contributed by atoms with van der Waals surface area (Å²) in [4.78, 5) is 18.9. The van der Waals surface area contributed by atoms with Crippen molar-refractivity contribution < 1.29 is 4.79 Å². The molecule has 1 amide bonds. The quantitative estimate of drug-likeness (QED) is 0.911. The topological polar surface area (TPSA) is 45.2 Å². The lowest BCUT2D eigenvalue weighted by atomic mass is 10.1. The van der Waals surface area contributed by atoms with E-state index in [9.17, 15) is 4.79 Å². The molecule has 4 heteroatoms. The van der Waals surface area contributed by atoms with Crippen LogP contribution in [0.5, 0.6) is 0 Å². The highest BCUT2D eigenvalue weighted by atomic mass is 16.2. The smallest absolute Gasteiger partial charge is 0.255 e. The van der Waals surface area contributed by atoms with Gasteiger partial charge >= 0.3 is 0 Å². The average Bonchev–Trinajstić information content (AvgIpc) is 2.92. The van der Waals surface area contributed by atoms with Crippen LogP contribution in [0.2, 0.25) is 0 Å². The van der Waals surface area contributed by atoms with Crippen LogP contribution in [0.25, 0.3) is 0 Å². The van der Waals surface area contributed by atoms with Crippen LogP contribution in [0.4, 0.5) is 5.69 Å². The van der Waals surface area contributed by atoms with Crippen LogP contribution in [-0.4, -0.2) is 35.4 Å². The molecule has 1 aromatic carbocycles. The van der Waals surface area contributed by atoms with E-state index in [1.807, 2.05) is 17.0 Å². The highest BCUT2D eigenvalue weighted by Crippen LogP contribution is 2.15. The Balaban J connectivity index is 1.58. The molecule has 0 atom stereocenters. The number of pyridine rings is 1. The minimum atomic E-state index is 0.108. The predicted molar refractivity (Wildman–Crippen MR) is 97.2 cm³/mol. The number of nitrogens with zero attached hydrogens (tertiary/aromatic N) is 2. The molecule has 0 spiro atoms. The lowest BCUT2D eigenvalue weighted by Crippen LogP contribution is -2.31. The summed E-state index contributed by atoms with van der Waals surface area (Å²) in [5.41, 5.74) is 2.89. The molecule has 0 bridgehead atoms. The minimum Gasteiger partial charge on any atom is -0.383 e. The van der Waals surface area contributed by atoms with Crippen LogP contribution in [-0.2, 0) is 6.42 Å². The van der Waals surface area contributed by atoms with Crippen molar-refractivity contribution in [3.05, 3.63) is 59.9 Å².